The van der Waals surface area contributed by atoms with Crippen LogP contribution in [0.15, 0.2) is 36.2 Å². The average molecular weight is 285 g/mol. The van der Waals surface area contributed by atoms with Crippen molar-refractivity contribution in [1.29, 1.82) is 0 Å². The first-order valence-corrected chi connectivity index (χ1v) is 7.88. The third-order valence-corrected chi connectivity index (χ3v) is 4.57. The summed E-state index contributed by atoms with van der Waals surface area (Å²) in [6, 6.07) is 4.31. The number of allylic oxidation sites excluding steroid dienone is 1. The van der Waals surface area contributed by atoms with Gasteiger partial charge in [0.05, 0.1) is 0 Å². The fourth-order valence-electron chi connectivity index (χ4n) is 3.12. The number of carbonyl (C=O) groups is 1. The maximum Gasteiger partial charge on any atom is 0.317 e. The summed E-state index contributed by atoms with van der Waals surface area (Å²) in [6.45, 7) is 3.71. The molecule has 0 bridgehead atoms. The maximum atomic E-state index is 12.2. The Kier molecular flexibility index (Phi) is 4.23. The molecule has 1 aromatic rings. The van der Waals surface area contributed by atoms with Crippen molar-refractivity contribution in [2.45, 2.75) is 44.6 Å². The summed E-state index contributed by atoms with van der Waals surface area (Å²) in [4.78, 5) is 18.2. The summed E-state index contributed by atoms with van der Waals surface area (Å²) in [5, 5.41) is 3.13. The zero-order valence-electron chi connectivity index (χ0n) is 12.6. The number of carbonyl (C=O) groups excluding carboxylic acids is 1. The molecule has 0 radical (unpaired) electrons. The van der Waals surface area contributed by atoms with Crippen LogP contribution in [0.4, 0.5) is 4.79 Å². The van der Waals surface area contributed by atoms with E-state index in [1.165, 1.54) is 24.0 Å². The van der Waals surface area contributed by atoms with E-state index in [4.69, 9.17) is 0 Å². The molecule has 1 unspecified atom stereocenters. The first kappa shape index (κ1) is 14.1. The second kappa shape index (κ2) is 6.29. The van der Waals surface area contributed by atoms with E-state index in [1.54, 1.807) is 0 Å². The quantitative estimate of drug-likeness (QED) is 0.867. The number of amides is 2. The van der Waals surface area contributed by atoms with Gasteiger partial charge in [-0.05, 0) is 50.3 Å². The number of nitrogens with one attached hydrogen (secondary N) is 1. The molecule has 21 heavy (non-hydrogen) atoms. The predicted octanol–water partition coefficient (Wildman–Crippen LogP) is 3.08. The van der Waals surface area contributed by atoms with Crippen molar-refractivity contribution < 1.29 is 4.79 Å². The van der Waals surface area contributed by atoms with E-state index in [2.05, 4.69) is 23.3 Å². The van der Waals surface area contributed by atoms with Crippen LogP contribution in [0.3, 0.4) is 0 Å². The lowest BCUT2D eigenvalue weighted by Crippen LogP contribution is -2.54. The molecule has 1 aromatic heterocycles. The number of urea groups is 1. The van der Waals surface area contributed by atoms with Crippen molar-refractivity contribution in [1.82, 2.24) is 15.2 Å². The van der Waals surface area contributed by atoms with Gasteiger partial charge in [-0.2, -0.15) is 0 Å². The van der Waals surface area contributed by atoms with Crippen molar-refractivity contribution in [2.24, 2.45) is 0 Å². The van der Waals surface area contributed by atoms with Crippen LogP contribution in [0, 0.1) is 0 Å². The first-order chi connectivity index (χ1) is 10.2. The largest absolute Gasteiger partial charge is 0.332 e. The Morgan fingerprint density at radius 2 is 2.10 bits per heavy atom. The van der Waals surface area contributed by atoms with Gasteiger partial charge in [0.25, 0.3) is 0 Å². The number of hydrogen-bond acceptors (Lipinski definition) is 2. The van der Waals surface area contributed by atoms with Gasteiger partial charge in [0.2, 0.25) is 0 Å². The molecule has 2 amide bonds. The van der Waals surface area contributed by atoms with Crippen molar-refractivity contribution in [3.63, 3.8) is 0 Å². The van der Waals surface area contributed by atoms with Crippen LogP contribution < -0.4 is 5.32 Å². The van der Waals surface area contributed by atoms with Crippen LogP contribution in [-0.2, 0) is 0 Å². The predicted molar refractivity (Wildman–Crippen MR) is 83.1 cm³/mol. The Labute approximate surface area is 126 Å². The summed E-state index contributed by atoms with van der Waals surface area (Å²) < 4.78 is 0. The van der Waals surface area contributed by atoms with Gasteiger partial charge in [0, 0.05) is 37.4 Å². The Morgan fingerprint density at radius 3 is 2.76 bits per heavy atom. The smallest absolute Gasteiger partial charge is 0.317 e. The lowest BCUT2D eigenvalue weighted by molar-refractivity contribution is 0.149. The molecule has 0 aromatic carbocycles. The van der Waals surface area contributed by atoms with E-state index < -0.39 is 0 Å². The Bertz CT molecular complexity index is 520. The van der Waals surface area contributed by atoms with Gasteiger partial charge in [-0.25, -0.2) is 4.79 Å². The van der Waals surface area contributed by atoms with Crippen molar-refractivity contribution in [2.75, 3.05) is 13.1 Å². The monoisotopic (exact) mass is 285 g/mol. The molecular formula is C17H23N3O. The number of nitrogens with zero attached hydrogens (tertiary/aromatic N) is 2. The molecule has 1 N–H and O–H groups in total. The summed E-state index contributed by atoms with van der Waals surface area (Å²) in [5.74, 6) is 0.461. The zero-order chi connectivity index (χ0) is 14.7. The van der Waals surface area contributed by atoms with E-state index in [0.717, 1.165) is 25.9 Å². The van der Waals surface area contributed by atoms with Crippen molar-refractivity contribution in [3.8, 4) is 0 Å². The van der Waals surface area contributed by atoms with E-state index >= 15 is 0 Å². The highest BCUT2D eigenvalue weighted by atomic mass is 16.2. The third kappa shape index (κ3) is 3.26. The third-order valence-electron chi connectivity index (χ3n) is 4.57. The average Bonchev–Trinajstić information content (AvgIpc) is 2.47. The Hall–Kier alpha value is -1.84. The van der Waals surface area contributed by atoms with Gasteiger partial charge in [-0.3, -0.25) is 4.98 Å². The van der Waals surface area contributed by atoms with Crippen LogP contribution in [0.1, 0.15) is 44.1 Å². The van der Waals surface area contributed by atoms with Crippen LogP contribution in [0.5, 0.6) is 0 Å². The number of hydrogen-bond donors (Lipinski definition) is 1. The second-order valence-corrected chi connectivity index (χ2v) is 6.08. The first-order valence-electron chi connectivity index (χ1n) is 7.88. The molecule has 4 nitrogen and oxygen atoms in total. The van der Waals surface area contributed by atoms with Crippen molar-refractivity contribution in [3.05, 3.63) is 41.7 Å². The SMILES string of the molecule is CC(NC(=O)N1CC(c2ccncc2)C1)C1=CCCCC1. The zero-order valence-corrected chi connectivity index (χ0v) is 12.6. The van der Waals surface area contributed by atoms with Gasteiger partial charge in [-0.15, -0.1) is 0 Å². The highest BCUT2D eigenvalue weighted by Crippen LogP contribution is 2.27. The molecule has 1 atom stereocenters. The highest BCUT2D eigenvalue weighted by Gasteiger charge is 2.32. The molecule has 0 saturated carbocycles. The number of likely N-dealkylation sites (tertiary alicyclic amines) is 1. The molecular weight excluding hydrogens is 262 g/mol. The Morgan fingerprint density at radius 1 is 1.33 bits per heavy atom. The molecule has 1 aliphatic heterocycles. The molecule has 3 rings (SSSR count). The standard InChI is InChI=1S/C17H23N3O/c1-13(14-5-3-2-4-6-14)19-17(21)20-11-16(12-20)15-7-9-18-10-8-15/h5,7-10,13,16H,2-4,6,11-12H2,1H3,(H,19,21). The molecule has 4 heteroatoms. The van der Waals surface area contributed by atoms with Crippen LogP contribution in [0.2, 0.25) is 0 Å². The fourth-order valence-corrected chi connectivity index (χ4v) is 3.12. The minimum atomic E-state index is 0.0688. The van der Waals surface area contributed by atoms with E-state index in [1.807, 2.05) is 29.4 Å². The van der Waals surface area contributed by atoms with Gasteiger partial charge >= 0.3 is 6.03 Å². The molecule has 1 aliphatic carbocycles. The summed E-state index contributed by atoms with van der Waals surface area (Å²) in [6.07, 6.45) is 10.7. The van der Waals surface area contributed by atoms with Gasteiger partial charge in [0.15, 0.2) is 0 Å². The maximum absolute atomic E-state index is 12.2. The van der Waals surface area contributed by atoms with E-state index in [9.17, 15) is 4.79 Å². The molecule has 2 heterocycles. The summed E-state index contributed by atoms with van der Waals surface area (Å²) in [5.41, 5.74) is 2.66. The number of pyridine rings is 1. The van der Waals surface area contributed by atoms with Crippen LogP contribution >= 0.6 is 0 Å². The lowest BCUT2D eigenvalue weighted by Gasteiger charge is -2.40. The van der Waals surface area contributed by atoms with Crippen LogP contribution in [-0.4, -0.2) is 35.0 Å². The summed E-state index contributed by atoms with van der Waals surface area (Å²) >= 11 is 0. The molecule has 1 fully saturated rings. The Balaban J connectivity index is 1.48. The second-order valence-electron chi connectivity index (χ2n) is 6.08. The highest BCUT2D eigenvalue weighted by molar-refractivity contribution is 5.76. The van der Waals surface area contributed by atoms with Crippen molar-refractivity contribution >= 4 is 6.03 Å². The summed E-state index contributed by atoms with van der Waals surface area (Å²) in [7, 11) is 0. The van der Waals surface area contributed by atoms with Gasteiger partial charge in [0.1, 0.15) is 0 Å². The van der Waals surface area contributed by atoms with Gasteiger partial charge in [-0.1, -0.05) is 11.6 Å². The molecule has 1 saturated heterocycles. The molecule has 112 valence electrons. The molecule has 2 aliphatic rings. The fraction of sp³-hybridized carbons (Fsp3) is 0.529. The molecule has 0 spiro atoms. The normalized spacial score (nSPS) is 20.4. The minimum absolute atomic E-state index is 0.0688. The lowest BCUT2D eigenvalue weighted by atomic mass is 9.92. The number of rotatable bonds is 3. The van der Waals surface area contributed by atoms with E-state index in [-0.39, 0.29) is 12.1 Å². The van der Waals surface area contributed by atoms with E-state index in [0.29, 0.717) is 5.92 Å². The number of aromatic nitrogens is 1. The van der Waals surface area contributed by atoms with Gasteiger partial charge < -0.3 is 10.2 Å². The minimum Gasteiger partial charge on any atom is -0.332 e. The van der Waals surface area contributed by atoms with Crippen LogP contribution in [0.25, 0.3) is 0 Å². The topological polar surface area (TPSA) is 45.2 Å².